The number of hydrogen-bond acceptors (Lipinski definition) is 9. The summed E-state index contributed by atoms with van der Waals surface area (Å²) in [6, 6.07) is 14.7. The van der Waals surface area contributed by atoms with Gasteiger partial charge in [0.2, 0.25) is 0 Å². The number of benzene rings is 2. The number of aliphatic hydroxyl groups is 1. The first kappa shape index (κ1) is 27.3. The molecule has 1 aliphatic carbocycles. The molecule has 2 atom stereocenters. The smallest absolute Gasteiger partial charge is 0.274 e. The van der Waals surface area contributed by atoms with Crippen LogP contribution in [0, 0.1) is 17.1 Å². The van der Waals surface area contributed by atoms with Crippen molar-refractivity contribution < 1.29 is 19.0 Å². The second-order valence-electron chi connectivity index (χ2n) is 10.6. The topological polar surface area (TPSA) is 150 Å². The number of carbonyl (C=O) groups is 1. The van der Waals surface area contributed by atoms with Crippen molar-refractivity contribution >= 4 is 17.3 Å². The van der Waals surface area contributed by atoms with Gasteiger partial charge in [0.15, 0.2) is 5.82 Å². The Hall–Kier alpha value is -4.92. The first-order chi connectivity index (χ1) is 20.3. The van der Waals surface area contributed by atoms with Crippen LogP contribution in [0.2, 0.25) is 0 Å². The van der Waals surface area contributed by atoms with Gasteiger partial charge in [-0.2, -0.15) is 5.26 Å². The molecular formula is C31H28FN7O3. The molecule has 6 rings (SSSR count). The van der Waals surface area contributed by atoms with Gasteiger partial charge in [-0.25, -0.2) is 14.4 Å². The van der Waals surface area contributed by atoms with E-state index in [1.807, 2.05) is 11.0 Å². The molecular weight excluding hydrogens is 537 g/mol. The zero-order valence-corrected chi connectivity index (χ0v) is 22.8. The predicted octanol–water partition coefficient (Wildman–Crippen LogP) is 3.91. The number of anilines is 2. The molecule has 3 heterocycles. The molecule has 10 nitrogen and oxygen atoms in total. The standard InChI is InChI=1S/C31H28FN7O3/c1-42-26-4-2-3-22(32)28(26)29-36-12-8-24(37-29)30(40)38-23-6-5-18(21-16-35-11-7-19(21)15-33)13-25(23)39-17-20(34)14-27(39)31(41)9-10-31/h2-8,11-13,16,20,27,41H,9-10,14,17,34H2,1H3,(H,38,40). The third-order valence-electron chi connectivity index (χ3n) is 7.83. The van der Waals surface area contributed by atoms with E-state index >= 15 is 0 Å². The van der Waals surface area contributed by atoms with Crippen LogP contribution in [-0.4, -0.2) is 57.3 Å². The third-order valence-corrected chi connectivity index (χ3v) is 7.83. The Morgan fingerprint density at radius 3 is 2.83 bits per heavy atom. The van der Waals surface area contributed by atoms with Gasteiger partial charge >= 0.3 is 0 Å². The van der Waals surface area contributed by atoms with Gasteiger partial charge in [-0.1, -0.05) is 12.1 Å². The van der Waals surface area contributed by atoms with Crippen LogP contribution in [0.3, 0.4) is 0 Å². The minimum Gasteiger partial charge on any atom is -0.496 e. The van der Waals surface area contributed by atoms with Crippen LogP contribution in [0.25, 0.3) is 22.5 Å². The summed E-state index contributed by atoms with van der Waals surface area (Å²) in [5.41, 5.74) is 8.55. The number of aromatic nitrogens is 3. The van der Waals surface area contributed by atoms with Crippen molar-refractivity contribution in [1.82, 2.24) is 15.0 Å². The maximum absolute atomic E-state index is 14.7. The van der Waals surface area contributed by atoms with E-state index in [-0.39, 0.29) is 34.9 Å². The van der Waals surface area contributed by atoms with E-state index in [0.29, 0.717) is 48.3 Å². The summed E-state index contributed by atoms with van der Waals surface area (Å²) in [5, 5.41) is 23.7. The lowest BCUT2D eigenvalue weighted by Crippen LogP contribution is -2.41. The first-order valence-electron chi connectivity index (χ1n) is 13.5. The third kappa shape index (κ3) is 5.02. The molecule has 1 aliphatic heterocycles. The van der Waals surface area contributed by atoms with Gasteiger partial charge in [0.25, 0.3) is 5.91 Å². The summed E-state index contributed by atoms with van der Waals surface area (Å²) in [5.74, 6) is -0.860. The van der Waals surface area contributed by atoms with Gasteiger partial charge in [0, 0.05) is 36.7 Å². The minimum absolute atomic E-state index is 0.00955. The molecule has 212 valence electrons. The summed E-state index contributed by atoms with van der Waals surface area (Å²) >= 11 is 0. The number of nitriles is 1. The average molecular weight is 566 g/mol. The summed E-state index contributed by atoms with van der Waals surface area (Å²) < 4.78 is 20.0. The van der Waals surface area contributed by atoms with Crippen molar-refractivity contribution in [3.63, 3.8) is 0 Å². The van der Waals surface area contributed by atoms with Gasteiger partial charge in [-0.15, -0.1) is 0 Å². The van der Waals surface area contributed by atoms with Crippen LogP contribution in [0.15, 0.2) is 67.1 Å². The fourth-order valence-electron chi connectivity index (χ4n) is 5.55. The Morgan fingerprint density at radius 2 is 2.07 bits per heavy atom. The highest BCUT2D eigenvalue weighted by Gasteiger charge is 2.53. The molecule has 2 aromatic heterocycles. The molecule has 1 saturated heterocycles. The molecule has 11 heteroatoms. The molecule has 1 saturated carbocycles. The monoisotopic (exact) mass is 565 g/mol. The fourth-order valence-corrected chi connectivity index (χ4v) is 5.55. The van der Waals surface area contributed by atoms with Gasteiger partial charge in [0.1, 0.15) is 17.3 Å². The van der Waals surface area contributed by atoms with Crippen LogP contribution >= 0.6 is 0 Å². The highest BCUT2D eigenvalue weighted by Crippen LogP contribution is 2.47. The lowest BCUT2D eigenvalue weighted by atomic mass is 10.00. The molecule has 2 aliphatic rings. The Labute approximate surface area is 241 Å². The van der Waals surface area contributed by atoms with E-state index < -0.39 is 17.3 Å². The number of rotatable bonds is 7. The Morgan fingerprint density at radius 1 is 1.24 bits per heavy atom. The number of nitrogens with one attached hydrogen (secondary N) is 1. The largest absolute Gasteiger partial charge is 0.496 e. The van der Waals surface area contributed by atoms with Gasteiger partial charge in [-0.3, -0.25) is 9.78 Å². The zero-order valence-electron chi connectivity index (χ0n) is 22.8. The first-order valence-corrected chi connectivity index (χ1v) is 13.5. The van der Waals surface area contributed by atoms with Crippen molar-refractivity contribution in [2.24, 2.45) is 5.73 Å². The zero-order chi connectivity index (χ0) is 29.4. The van der Waals surface area contributed by atoms with E-state index in [0.717, 1.165) is 5.56 Å². The highest BCUT2D eigenvalue weighted by molar-refractivity contribution is 6.05. The summed E-state index contributed by atoms with van der Waals surface area (Å²) in [6.45, 7) is 0.474. The molecule has 0 bridgehead atoms. The average Bonchev–Trinajstić information content (AvgIpc) is 3.64. The SMILES string of the molecule is COc1cccc(F)c1-c1nccc(C(=O)Nc2ccc(-c3cnccc3C#N)cc2N2CC(N)CC2C2(O)CC2)n1. The predicted molar refractivity (Wildman–Crippen MR) is 154 cm³/mol. The Bertz CT molecular complexity index is 1720. The highest BCUT2D eigenvalue weighted by atomic mass is 19.1. The maximum Gasteiger partial charge on any atom is 0.274 e. The molecule has 2 aromatic carbocycles. The molecule has 2 unspecified atom stereocenters. The van der Waals surface area contributed by atoms with Crippen molar-refractivity contribution in [3.05, 3.63) is 84.2 Å². The van der Waals surface area contributed by atoms with E-state index in [4.69, 9.17) is 10.5 Å². The lowest BCUT2D eigenvalue weighted by Gasteiger charge is -2.32. The van der Waals surface area contributed by atoms with E-state index in [2.05, 4.69) is 26.3 Å². The second kappa shape index (κ2) is 10.8. The lowest BCUT2D eigenvalue weighted by molar-refractivity contribution is 0.102. The summed E-state index contributed by atoms with van der Waals surface area (Å²) in [4.78, 5) is 28.3. The molecule has 1 amide bonds. The number of pyridine rings is 1. The minimum atomic E-state index is -0.849. The molecule has 0 spiro atoms. The molecule has 42 heavy (non-hydrogen) atoms. The maximum atomic E-state index is 14.7. The molecule has 0 radical (unpaired) electrons. The molecule has 4 N–H and O–H groups in total. The van der Waals surface area contributed by atoms with Crippen molar-refractivity contribution in [2.45, 2.75) is 36.9 Å². The van der Waals surface area contributed by atoms with Crippen LogP contribution in [0.1, 0.15) is 35.3 Å². The fraction of sp³-hybridized carbons (Fsp3) is 0.258. The Kier molecular flexibility index (Phi) is 7.02. The molecule has 4 aromatic rings. The summed E-state index contributed by atoms with van der Waals surface area (Å²) in [7, 11) is 1.42. The number of ether oxygens (including phenoxy) is 1. The van der Waals surface area contributed by atoms with Gasteiger partial charge < -0.3 is 25.8 Å². The van der Waals surface area contributed by atoms with Crippen LogP contribution in [-0.2, 0) is 0 Å². The number of nitrogens with zero attached hydrogens (tertiary/aromatic N) is 5. The number of nitrogens with two attached hydrogens (primary N) is 1. The van der Waals surface area contributed by atoms with E-state index in [1.54, 1.807) is 36.7 Å². The van der Waals surface area contributed by atoms with Crippen LogP contribution in [0.5, 0.6) is 5.75 Å². The molecule has 2 fully saturated rings. The second-order valence-corrected chi connectivity index (χ2v) is 10.6. The van der Waals surface area contributed by atoms with Crippen LogP contribution < -0.4 is 20.7 Å². The van der Waals surface area contributed by atoms with Crippen molar-refractivity contribution in [2.75, 3.05) is 23.9 Å². The van der Waals surface area contributed by atoms with E-state index in [9.17, 15) is 19.6 Å². The number of hydrogen-bond donors (Lipinski definition) is 3. The van der Waals surface area contributed by atoms with Gasteiger partial charge in [-0.05, 0) is 61.2 Å². The number of methoxy groups -OCH3 is 1. The van der Waals surface area contributed by atoms with Gasteiger partial charge in [0.05, 0.1) is 47.3 Å². The Balaban J connectivity index is 1.39. The van der Waals surface area contributed by atoms with Crippen LogP contribution in [0.4, 0.5) is 15.8 Å². The number of halogens is 1. The normalized spacial score (nSPS) is 18.8. The van der Waals surface area contributed by atoms with E-state index in [1.165, 1.54) is 31.5 Å². The van der Waals surface area contributed by atoms with Crippen molar-refractivity contribution in [3.8, 4) is 34.3 Å². The summed E-state index contributed by atoms with van der Waals surface area (Å²) in [6.07, 6.45) is 6.51. The van der Waals surface area contributed by atoms with Crippen molar-refractivity contribution in [1.29, 1.82) is 5.26 Å². The number of amides is 1. The quantitative estimate of drug-likeness (QED) is 0.303. The number of carbonyl (C=O) groups excluding carboxylic acids is 1.